The Morgan fingerprint density at radius 1 is 0.914 bits per heavy atom. The Hall–Kier alpha value is -3.79. The quantitative estimate of drug-likeness (QED) is 0.172. The van der Waals surface area contributed by atoms with Gasteiger partial charge in [0.2, 0.25) is 11.8 Å². The molecule has 184 valence electrons. The number of hydrogen-bond acceptors (Lipinski definition) is 6. The first-order chi connectivity index (χ1) is 16.9. The number of ether oxygens (including phenoxy) is 1. The van der Waals surface area contributed by atoms with Crippen LogP contribution in [0.1, 0.15) is 48.0 Å². The van der Waals surface area contributed by atoms with Gasteiger partial charge in [0.15, 0.2) is 5.11 Å². The predicted octanol–water partition coefficient (Wildman–Crippen LogP) is 2.63. The molecule has 1 saturated carbocycles. The van der Waals surface area contributed by atoms with Crippen LogP contribution < -0.4 is 21.5 Å². The van der Waals surface area contributed by atoms with Crippen LogP contribution >= 0.6 is 12.2 Å². The zero-order chi connectivity index (χ0) is 25.0. The van der Waals surface area contributed by atoms with Gasteiger partial charge < -0.3 is 15.4 Å². The summed E-state index contributed by atoms with van der Waals surface area (Å²) < 4.78 is 5.14. The van der Waals surface area contributed by atoms with Crippen molar-refractivity contribution in [1.29, 1.82) is 0 Å². The van der Waals surface area contributed by atoms with Crippen molar-refractivity contribution in [3.05, 3.63) is 65.7 Å². The van der Waals surface area contributed by atoms with Crippen LogP contribution in [0.3, 0.4) is 0 Å². The van der Waals surface area contributed by atoms with Gasteiger partial charge in [-0.1, -0.05) is 30.3 Å². The fourth-order valence-corrected chi connectivity index (χ4v) is 3.26. The first-order valence-corrected chi connectivity index (χ1v) is 11.8. The second kappa shape index (κ2) is 13.2. The van der Waals surface area contributed by atoms with Crippen LogP contribution in [0, 0.1) is 5.92 Å². The SMILES string of the molecule is O=C(CCC(=O)OCCCc1ccccc1)NC(=S)NNC(=O)c1ccc(NC(=O)C2CC2)cc1. The molecule has 3 amide bonds. The maximum absolute atomic E-state index is 12.2. The minimum Gasteiger partial charge on any atom is -0.466 e. The topological polar surface area (TPSA) is 126 Å². The van der Waals surface area contributed by atoms with Gasteiger partial charge in [-0.2, -0.15) is 0 Å². The van der Waals surface area contributed by atoms with E-state index in [-0.39, 0.29) is 36.4 Å². The van der Waals surface area contributed by atoms with Gasteiger partial charge in [0.1, 0.15) is 0 Å². The number of anilines is 1. The largest absolute Gasteiger partial charge is 0.466 e. The van der Waals surface area contributed by atoms with Crippen molar-refractivity contribution in [3.8, 4) is 0 Å². The highest BCUT2D eigenvalue weighted by Gasteiger charge is 2.29. The number of benzene rings is 2. The second-order valence-electron chi connectivity index (χ2n) is 8.11. The van der Waals surface area contributed by atoms with Crippen LogP contribution in [0.25, 0.3) is 0 Å². The minimum atomic E-state index is -0.478. The third kappa shape index (κ3) is 9.54. The Morgan fingerprint density at radius 3 is 2.31 bits per heavy atom. The molecule has 10 heteroatoms. The van der Waals surface area contributed by atoms with Crippen LogP contribution in [0.2, 0.25) is 0 Å². The molecule has 0 unspecified atom stereocenters. The number of carbonyl (C=O) groups is 4. The molecule has 1 fully saturated rings. The van der Waals surface area contributed by atoms with Gasteiger partial charge in [0.05, 0.1) is 13.0 Å². The average Bonchev–Trinajstić information content (AvgIpc) is 3.71. The Morgan fingerprint density at radius 2 is 1.63 bits per heavy atom. The zero-order valence-corrected chi connectivity index (χ0v) is 20.0. The van der Waals surface area contributed by atoms with E-state index < -0.39 is 17.8 Å². The summed E-state index contributed by atoms with van der Waals surface area (Å²) in [6, 6.07) is 16.3. The van der Waals surface area contributed by atoms with Gasteiger partial charge in [-0.3, -0.25) is 30.0 Å². The molecule has 3 rings (SSSR count). The van der Waals surface area contributed by atoms with Crippen LogP contribution in [0.5, 0.6) is 0 Å². The molecule has 0 atom stereocenters. The normalized spacial score (nSPS) is 12.2. The fourth-order valence-electron chi connectivity index (χ4n) is 3.10. The molecule has 1 aliphatic rings. The standard InChI is InChI=1S/C25H28N4O5S/c30-21(14-15-22(31)34-16-4-7-17-5-2-1-3-6-17)27-25(35)29-28-24(33)19-10-12-20(13-11-19)26-23(32)18-8-9-18/h1-3,5-6,10-13,18H,4,7-9,14-16H2,(H,26,32)(H,28,33)(H2,27,29,30,35). The molecule has 1 aliphatic carbocycles. The summed E-state index contributed by atoms with van der Waals surface area (Å²) in [5.41, 5.74) is 6.95. The molecule has 2 aromatic carbocycles. The molecular weight excluding hydrogens is 468 g/mol. The summed E-state index contributed by atoms with van der Waals surface area (Å²) in [6.07, 6.45) is 3.16. The molecule has 0 bridgehead atoms. The first kappa shape index (κ1) is 25.8. The summed E-state index contributed by atoms with van der Waals surface area (Å²) in [7, 11) is 0. The maximum atomic E-state index is 12.2. The van der Waals surface area contributed by atoms with Gasteiger partial charge >= 0.3 is 5.97 Å². The van der Waals surface area contributed by atoms with E-state index in [4.69, 9.17) is 17.0 Å². The molecule has 0 radical (unpaired) electrons. The van der Waals surface area contributed by atoms with Crippen LogP contribution in [-0.4, -0.2) is 35.4 Å². The lowest BCUT2D eigenvalue weighted by atomic mass is 10.1. The Kier molecular flexibility index (Phi) is 9.73. The lowest BCUT2D eigenvalue weighted by Crippen LogP contribution is -2.48. The number of hydrazine groups is 1. The lowest BCUT2D eigenvalue weighted by Gasteiger charge is -2.11. The van der Waals surface area contributed by atoms with E-state index in [9.17, 15) is 19.2 Å². The Balaban J connectivity index is 1.26. The van der Waals surface area contributed by atoms with Crippen molar-refractivity contribution >= 4 is 46.7 Å². The van der Waals surface area contributed by atoms with Crippen LogP contribution in [0.4, 0.5) is 5.69 Å². The molecule has 0 spiro atoms. The Labute approximate surface area is 209 Å². The number of carbonyl (C=O) groups excluding carboxylic acids is 4. The third-order valence-electron chi connectivity index (χ3n) is 5.18. The van der Waals surface area contributed by atoms with E-state index in [2.05, 4.69) is 21.5 Å². The number of nitrogens with one attached hydrogen (secondary N) is 4. The molecule has 35 heavy (non-hydrogen) atoms. The highest BCUT2D eigenvalue weighted by Crippen LogP contribution is 2.30. The number of aryl methyl sites for hydroxylation is 1. The van der Waals surface area contributed by atoms with Gasteiger partial charge in [0.25, 0.3) is 5.91 Å². The highest BCUT2D eigenvalue weighted by atomic mass is 32.1. The van der Waals surface area contributed by atoms with E-state index in [1.165, 1.54) is 5.56 Å². The number of thiocarbonyl (C=S) groups is 1. The van der Waals surface area contributed by atoms with Crippen molar-refractivity contribution in [2.75, 3.05) is 11.9 Å². The highest BCUT2D eigenvalue weighted by molar-refractivity contribution is 7.80. The van der Waals surface area contributed by atoms with Gasteiger partial charge in [0, 0.05) is 23.6 Å². The number of amides is 3. The molecular formula is C25H28N4O5S. The number of rotatable bonds is 10. The van der Waals surface area contributed by atoms with Gasteiger partial charge in [-0.05, 0) is 67.7 Å². The smallest absolute Gasteiger partial charge is 0.306 e. The summed E-state index contributed by atoms with van der Waals surface area (Å²) in [6.45, 7) is 0.287. The lowest BCUT2D eigenvalue weighted by molar-refractivity contribution is -0.145. The molecule has 0 aromatic heterocycles. The Bertz CT molecular complexity index is 1060. The predicted molar refractivity (Wildman–Crippen MR) is 134 cm³/mol. The zero-order valence-electron chi connectivity index (χ0n) is 19.2. The van der Waals surface area contributed by atoms with E-state index in [0.29, 0.717) is 17.7 Å². The van der Waals surface area contributed by atoms with E-state index in [1.807, 2.05) is 30.3 Å². The van der Waals surface area contributed by atoms with Crippen molar-refractivity contribution in [1.82, 2.24) is 16.2 Å². The van der Waals surface area contributed by atoms with Crippen molar-refractivity contribution in [3.63, 3.8) is 0 Å². The van der Waals surface area contributed by atoms with Crippen molar-refractivity contribution < 1.29 is 23.9 Å². The number of hydrogen-bond donors (Lipinski definition) is 4. The summed E-state index contributed by atoms with van der Waals surface area (Å²) in [5.74, 6) is -1.33. The molecule has 0 saturated heterocycles. The molecule has 0 heterocycles. The third-order valence-corrected chi connectivity index (χ3v) is 5.38. The first-order valence-electron chi connectivity index (χ1n) is 11.4. The molecule has 4 N–H and O–H groups in total. The minimum absolute atomic E-state index is 0.0127. The average molecular weight is 497 g/mol. The monoisotopic (exact) mass is 496 g/mol. The summed E-state index contributed by atoms with van der Waals surface area (Å²) >= 11 is 4.99. The van der Waals surface area contributed by atoms with Crippen LogP contribution in [0.15, 0.2) is 54.6 Å². The molecule has 0 aliphatic heterocycles. The van der Waals surface area contributed by atoms with Crippen molar-refractivity contribution in [2.24, 2.45) is 5.92 Å². The number of esters is 1. The van der Waals surface area contributed by atoms with Crippen molar-refractivity contribution in [2.45, 2.75) is 38.5 Å². The molecule has 9 nitrogen and oxygen atoms in total. The van der Waals surface area contributed by atoms with Crippen LogP contribution in [-0.2, 0) is 25.5 Å². The summed E-state index contributed by atoms with van der Waals surface area (Å²) in [5, 5.41) is 5.08. The fraction of sp³-hybridized carbons (Fsp3) is 0.320. The summed E-state index contributed by atoms with van der Waals surface area (Å²) in [4.78, 5) is 47.8. The van der Waals surface area contributed by atoms with Gasteiger partial charge in [-0.15, -0.1) is 0 Å². The van der Waals surface area contributed by atoms with E-state index in [1.54, 1.807) is 24.3 Å². The van der Waals surface area contributed by atoms with E-state index >= 15 is 0 Å². The maximum Gasteiger partial charge on any atom is 0.306 e. The molecule has 2 aromatic rings. The van der Waals surface area contributed by atoms with Gasteiger partial charge in [-0.25, -0.2) is 0 Å². The second-order valence-corrected chi connectivity index (χ2v) is 8.52. The van der Waals surface area contributed by atoms with E-state index in [0.717, 1.165) is 19.3 Å².